The second-order valence-electron chi connectivity index (χ2n) is 5.46. The normalized spacial score (nSPS) is 17.1. The largest absolute Gasteiger partial charge is 0.354 e. The molecule has 1 amide bonds. The standard InChI is InChI=1S/C15H20Cl2N2O/c16-12-6-5-11(13(17)10-12)4-3-9-19-14(20)15(18)7-1-2-8-15/h5-6,10H,1-4,7-9,18H2,(H,19,20). The van der Waals surface area contributed by atoms with Crippen molar-refractivity contribution in [3.8, 4) is 0 Å². The Bertz CT molecular complexity index is 485. The molecule has 3 N–H and O–H groups in total. The van der Waals surface area contributed by atoms with Crippen LogP contribution in [0.1, 0.15) is 37.7 Å². The predicted octanol–water partition coefficient (Wildman–Crippen LogP) is 3.31. The maximum atomic E-state index is 12.0. The third kappa shape index (κ3) is 3.87. The molecule has 0 radical (unpaired) electrons. The summed E-state index contributed by atoms with van der Waals surface area (Å²) in [6, 6.07) is 5.49. The second-order valence-corrected chi connectivity index (χ2v) is 6.30. The minimum Gasteiger partial charge on any atom is -0.354 e. The molecular weight excluding hydrogens is 295 g/mol. The van der Waals surface area contributed by atoms with Gasteiger partial charge in [-0.2, -0.15) is 0 Å². The van der Waals surface area contributed by atoms with Gasteiger partial charge in [-0.3, -0.25) is 4.79 Å². The van der Waals surface area contributed by atoms with Crippen LogP contribution in [0.4, 0.5) is 0 Å². The molecule has 1 aromatic carbocycles. The molecule has 3 nitrogen and oxygen atoms in total. The van der Waals surface area contributed by atoms with Crippen molar-refractivity contribution in [2.45, 2.75) is 44.1 Å². The number of carbonyl (C=O) groups excluding carboxylic acids is 1. The fraction of sp³-hybridized carbons (Fsp3) is 0.533. The van der Waals surface area contributed by atoms with Crippen molar-refractivity contribution < 1.29 is 4.79 Å². The Kier molecular flexibility index (Phi) is 5.30. The third-order valence-corrected chi connectivity index (χ3v) is 4.46. The molecule has 0 unspecified atom stereocenters. The average molecular weight is 315 g/mol. The molecule has 0 aliphatic heterocycles. The molecule has 1 aliphatic carbocycles. The number of benzene rings is 1. The number of hydrogen-bond acceptors (Lipinski definition) is 2. The Hall–Kier alpha value is -0.770. The van der Waals surface area contributed by atoms with Crippen molar-refractivity contribution in [3.63, 3.8) is 0 Å². The van der Waals surface area contributed by atoms with E-state index in [1.54, 1.807) is 6.07 Å². The summed E-state index contributed by atoms with van der Waals surface area (Å²) in [5.74, 6) is -0.0165. The van der Waals surface area contributed by atoms with Crippen LogP contribution in [0.5, 0.6) is 0 Å². The lowest BCUT2D eigenvalue weighted by atomic mass is 9.98. The van der Waals surface area contributed by atoms with E-state index in [-0.39, 0.29) is 5.91 Å². The van der Waals surface area contributed by atoms with Gasteiger partial charge in [-0.15, -0.1) is 0 Å². The molecule has 1 aliphatic rings. The first-order chi connectivity index (χ1) is 9.51. The van der Waals surface area contributed by atoms with E-state index in [1.165, 1.54) is 0 Å². The molecule has 110 valence electrons. The van der Waals surface area contributed by atoms with Crippen molar-refractivity contribution in [1.29, 1.82) is 0 Å². The van der Waals surface area contributed by atoms with Crippen molar-refractivity contribution >= 4 is 29.1 Å². The zero-order valence-corrected chi connectivity index (χ0v) is 12.9. The number of nitrogens with one attached hydrogen (secondary N) is 1. The summed E-state index contributed by atoms with van der Waals surface area (Å²) in [5, 5.41) is 4.25. The van der Waals surface area contributed by atoms with E-state index in [4.69, 9.17) is 28.9 Å². The number of amides is 1. The van der Waals surface area contributed by atoms with Crippen LogP contribution in [0.15, 0.2) is 18.2 Å². The first-order valence-corrected chi connectivity index (χ1v) is 7.78. The molecule has 0 heterocycles. The van der Waals surface area contributed by atoms with Gasteiger partial charge in [0.1, 0.15) is 0 Å². The van der Waals surface area contributed by atoms with Crippen LogP contribution in [0.2, 0.25) is 10.0 Å². The van der Waals surface area contributed by atoms with Gasteiger partial charge in [0.15, 0.2) is 0 Å². The predicted molar refractivity (Wildman–Crippen MR) is 83.2 cm³/mol. The highest BCUT2D eigenvalue weighted by Gasteiger charge is 2.36. The van der Waals surface area contributed by atoms with Crippen LogP contribution in [-0.2, 0) is 11.2 Å². The Balaban J connectivity index is 1.75. The molecule has 0 aromatic heterocycles. The van der Waals surface area contributed by atoms with Gasteiger partial charge in [0.25, 0.3) is 0 Å². The van der Waals surface area contributed by atoms with Gasteiger partial charge in [0, 0.05) is 16.6 Å². The van der Waals surface area contributed by atoms with Crippen LogP contribution in [0, 0.1) is 0 Å². The Morgan fingerprint density at radius 1 is 1.30 bits per heavy atom. The molecule has 1 fully saturated rings. The Morgan fingerprint density at radius 3 is 2.65 bits per heavy atom. The van der Waals surface area contributed by atoms with Crippen LogP contribution < -0.4 is 11.1 Å². The smallest absolute Gasteiger partial charge is 0.240 e. The van der Waals surface area contributed by atoms with Gasteiger partial charge in [-0.1, -0.05) is 42.1 Å². The van der Waals surface area contributed by atoms with E-state index >= 15 is 0 Å². The topological polar surface area (TPSA) is 55.1 Å². The molecule has 2 rings (SSSR count). The van der Waals surface area contributed by atoms with Gasteiger partial charge in [-0.05, 0) is 43.4 Å². The Labute approximate surface area is 129 Å². The number of nitrogens with two attached hydrogens (primary N) is 1. The minimum atomic E-state index is -0.641. The van der Waals surface area contributed by atoms with Gasteiger partial charge in [0.05, 0.1) is 5.54 Å². The molecule has 20 heavy (non-hydrogen) atoms. The van der Waals surface area contributed by atoms with Crippen LogP contribution in [-0.4, -0.2) is 18.0 Å². The number of halogens is 2. The Morgan fingerprint density at radius 2 is 2.00 bits per heavy atom. The fourth-order valence-corrected chi connectivity index (χ4v) is 3.12. The van der Waals surface area contributed by atoms with E-state index in [2.05, 4.69) is 5.32 Å². The first-order valence-electron chi connectivity index (χ1n) is 7.02. The van der Waals surface area contributed by atoms with Crippen molar-refractivity contribution in [2.75, 3.05) is 6.54 Å². The van der Waals surface area contributed by atoms with Crippen LogP contribution in [0.25, 0.3) is 0 Å². The van der Waals surface area contributed by atoms with E-state index in [9.17, 15) is 4.79 Å². The lowest BCUT2D eigenvalue weighted by molar-refractivity contribution is -0.126. The SMILES string of the molecule is NC1(C(=O)NCCCc2ccc(Cl)cc2Cl)CCCC1. The van der Waals surface area contributed by atoms with Gasteiger partial charge < -0.3 is 11.1 Å². The molecular formula is C15H20Cl2N2O. The highest BCUT2D eigenvalue weighted by molar-refractivity contribution is 6.35. The summed E-state index contributed by atoms with van der Waals surface area (Å²) in [6.45, 7) is 0.622. The molecule has 1 saturated carbocycles. The van der Waals surface area contributed by atoms with Crippen molar-refractivity contribution in [1.82, 2.24) is 5.32 Å². The summed E-state index contributed by atoms with van der Waals surface area (Å²) < 4.78 is 0. The maximum absolute atomic E-state index is 12.0. The van der Waals surface area contributed by atoms with Gasteiger partial charge in [-0.25, -0.2) is 0 Å². The van der Waals surface area contributed by atoms with E-state index < -0.39 is 5.54 Å². The lowest BCUT2D eigenvalue weighted by Crippen LogP contribution is -2.52. The number of rotatable bonds is 5. The number of aryl methyl sites for hydroxylation is 1. The number of hydrogen-bond donors (Lipinski definition) is 2. The molecule has 5 heteroatoms. The summed E-state index contributed by atoms with van der Waals surface area (Å²) >= 11 is 12.0. The minimum absolute atomic E-state index is 0.0165. The lowest BCUT2D eigenvalue weighted by Gasteiger charge is -2.22. The summed E-state index contributed by atoms with van der Waals surface area (Å²) in [4.78, 5) is 12.0. The van der Waals surface area contributed by atoms with E-state index in [0.29, 0.717) is 16.6 Å². The van der Waals surface area contributed by atoms with Crippen molar-refractivity contribution in [2.24, 2.45) is 5.73 Å². The number of carbonyl (C=O) groups is 1. The maximum Gasteiger partial charge on any atom is 0.240 e. The molecule has 0 spiro atoms. The third-order valence-electron chi connectivity index (χ3n) is 3.87. The van der Waals surface area contributed by atoms with Crippen LogP contribution in [0.3, 0.4) is 0 Å². The summed E-state index contributed by atoms with van der Waals surface area (Å²) in [7, 11) is 0. The monoisotopic (exact) mass is 314 g/mol. The van der Waals surface area contributed by atoms with Gasteiger partial charge in [0.2, 0.25) is 5.91 Å². The van der Waals surface area contributed by atoms with E-state index in [1.807, 2.05) is 12.1 Å². The summed E-state index contributed by atoms with van der Waals surface area (Å²) in [6.07, 6.45) is 5.33. The molecule has 0 atom stereocenters. The highest BCUT2D eigenvalue weighted by atomic mass is 35.5. The zero-order valence-electron chi connectivity index (χ0n) is 11.4. The highest BCUT2D eigenvalue weighted by Crippen LogP contribution is 2.27. The van der Waals surface area contributed by atoms with Gasteiger partial charge >= 0.3 is 0 Å². The summed E-state index contributed by atoms with van der Waals surface area (Å²) in [5.41, 5.74) is 6.50. The van der Waals surface area contributed by atoms with E-state index in [0.717, 1.165) is 44.1 Å². The average Bonchev–Trinajstić information content (AvgIpc) is 2.85. The quantitative estimate of drug-likeness (QED) is 0.819. The molecule has 0 saturated heterocycles. The second kappa shape index (κ2) is 6.79. The van der Waals surface area contributed by atoms with Crippen LogP contribution >= 0.6 is 23.2 Å². The fourth-order valence-electron chi connectivity index (χ4n) is 2.61. The first kappa shape index (κ1) is 15.6. The van der Waals surface area contributed by atoms with Crippen molar-refractivity contribution in [3.05, 3.63) is 33.8 Å². The molecule has 1 aromatic rings. The zero-order chi connectivity index (χ0) is 14.6. The molecule has 0 bridgehead atoms.